The van der Waals surface area contributed by atoms with Gasteiger partial charge in [-0.1, -0.05) is 12.1 Å². The zero-order valence-corrected chi connectivity index (χ0v) is 24.2. The smallest absolute Gasteiger partial charge is 0.343 e. The third kappa shape index (κ3) is 6.66. The number of thioether (sulfide) groups is 1. The van der Waals surface area contributed by atoms with Gasteiger partial charge >= 0.3 is 5.97 Å². The first-order chi connectivity index (χ1) is 18.8. The number of benzene rings is 3. The fraction of sp³-hybridized carbons (Fsp3) is 0.179. The van der Waals surface area contributed by atoms with Gasteiger partial charge in [0.1, 0.15) is 12.4 Å². The molecule has 4 rings (SSSR count). The molecule has 0 bridgehead atoms. The minimum absolute atomic E-state index is 0.0845. The predicted molar refractivity (Wildman–Crippen MR) is 155 cm³/mol. The van der Waals surface area contributed by atoms with Crippen molar-refractivity contribution in [3.8, 4) is 28.7 Å². The molecule has 3 aromatic carbocycles. The Hall–Kier alpha value is -3.71. The first-order valence-electron chi connectivity index (χ1n) is 11.6. The zero-order chi connectivity index (χ0) is 27.9. The number of carbonyl (C=O) groups is 3. The summed E-state index contributed by atoms with van der Waals surface area (Å²) in [4.78, 5) is 39.6. The number of nitrogens with zero attached hydrogens (tertiary/aromatic N) is 1. The van der Waals surface area contributed by atoms with Gasteiger partial charge in [0.15, 0.2) is 23.0 Å². The highest BCUT2D eigenvalue weighted by Crippen LogP contribution is 2.38. The van der Waals surface area contributed by atoms with E-state index in [0.717, 1.165) is 16.7 Å². The molecule has 0 aromatic heterocycles. The number of methoxy groups -OCH3 is 3. The van der Waals surface area contributed by atoms with Crippen molar-refractivity contribution in [3.05, 3.63) is 80.3 Å². The Kier molecular flexibility index (Phi) is 9.36. The van der Waals surface area contributed by atoms with Crippen LogP contribution in [0.25, 0.3) is 6.08 Å². The maximum absolute atomic E-state index is 13.0. The van der Waals surface area contributed by atoms with E-state index in [4.69, 9.17) is 23.7 Å². The van der Waals surface area contributed by atoms with Crippen LogP contribution in [0.3, 0.4) is 0 Å². The van der Waals surface area contributed by atoms with Crippen molar-refractivity contribution < 1.29 is 38.1 Å². The fourth-order valence-electron chi connectivity index (χ4n) is 3.63. The lowest BCUT2D eigenvalue weighted by atomic mass is 10.1. The van der Waals surface area contributed by atoms with Gasteiger partial charge in [-0.25, -0.2) is 4.79 Å². The number of imide groups is 1. The van der Waals surface area contributed by atoms with Gasteiger partial charge < -0.3 is 23.7 Å². The average Bonchev–Trinajstić information content (AvgIpc) is 3.21. The van der Waals surface area contributed by atoms with Crippen molar-refractivity contribution in [3.63, 3.8) is 0 Å². The first kappa shape index (κ1) is 28.3. The Bertz CT molecular complexity index is 1420. The van der Waals surface area contributed by atoms with Gasteiger partial charge in [0, 0.05) is 0 Å². The van der Waals surface area contributed by atoms with Gasteiger partial charge in [-0.05, 0) is 94.5 Å². The Morgan fingerprint density at radius 3 is 2.28 bits per heavy atom. The highest BCUT2D eigenvalue weighted by Gasteiger charge is 2.35. The number of esters is 1. The van der Waals surface area contributed by atoms with Gasteiger partial charge in [0.05, 0.1) is 41.9 Å². The summed E-state index contributed by atoms with van der Waals surface area (Å²) in [5, 5.41) is -0.387. The molecule has 1 fully saturated rings. The van der Waals surface area contributed by atoms with Crippen LogP contribution in [0.15, 0.2) is 65.6 Å². The second kappa shape index (κ2) is 12.9. The molecular weight excluding hydrogens is 637 g/mol. The number of hydrogen-bond acceptors (Lipinski definition) is 9. The molecule has 9 nitrogen and oxygen atoms in total. The molecule has 0 aliphatic carbocycles. The molecule has 0 radical (unpaired) electrons. The summed E-state index contributed by atoms with van der Waals surface area (Å²) in [7, 11) is 4.53. The van der Waals surface area contributed by atoms with Crippen molar-refractivity contribution in [2.75, 3.05) is 34.5 Å². The van der Waals surface area contributed by atoms with Crippen LogP contribution in [0, 0.1) is 3.57 Å². The molecule has 3 aromatic rings. The van der Waals surface area contributed by atoms with Crippen molar-refractivity contribution >= 4 is 57.5 Å². The monoisotopic (exact) mass is 661 g/mol. The van der Waals surface area contributed by atoms with E-state index in [9.17, 15) is 14.4 Å². The molecule has 1 aliphatic rings. The number of carbonyl (C=O) groups excluding carboxylic acids is 3. The van der Waals surface area contributed by atoms with Crippen molar-refractivity contribution in [2.24, 2.45) is 0 Å². The molecule has 0 saturated carbocycles. The molecule has 1 saturated heterocycles. The molecule has 1 heterocycles. The van der Waals surface area contributed by atoms with Crippen LogP contribution in [-0.4, -0.2) is 56.5 Å². The Morgan fingerprint density at radius 1 is 0.923 bits per heavy atom. The standard InChI is InChI=1S/C28H24INO8S/c1-34-19-10-8-18(9-11-19)27(32)38-25-20(29)14-17(15-23(25)36-3)16-24-26(31)30(28(33)39-24)12-13-37-22-7-5-4-6-21(22)35-2/h4-11,14-16H,12-13H2,1-3H3/b24-16-. The lowest BCUT2D eigenvalue weighted by molar-refractivity contribution is -0.123. The van der Waals surface area contributed by atoms with Gasteiger partial charge in [0.25, 0.3) is 11.1 Å². The lowest BCUT2D eigenvalue weighted by Crippen LogP contribution is -2.32. The maximum Gasteiger partial charge on any atom is 0.343 e. The fourth-order valence-corrected chi connectivity index (χ4v) is 5.23. The van der Waals surface area contributed by atoms with Crippen molar-refractivity contribution in [1.29, 1.82) is 0 Å². The summed E-state index contributed by atoms with van der Waals surface area (Å²) < 4.78 is 27.7. The van der Waals surface area contributed by atoms with E-state index >= 15 is 0 Å². The SMILES string of the molecule is COc1ccc(C(=O)Oc2c(I)cc(/C=C3\SC(=O)N(CCOc4ccccc4OC)C3=O)cc2OC)cc1. The molecule has 0 N–H and O–H groups in total. The third-order valence-electron chi connectivity index (χ3n) is 5.59. The van der Waals surface area contributed by atoms with E-state index in [1.54, 1.807) is 61.7 Å². The number of hydrogen-bond donors (Lipinski definition) is 0. The van der Waals surface area contributed by atoms with Crippen LogP contribution in [-0.2, 0) is 4.79 Å². The molecule has 0 unspecified atom stereocenters. The second-order valence-corrected chi connectivity index (χ2v) is 10.1. The van der Waals surface area contributed by atoms with Crippen LogP contribution in [0.4, 0.5) is 4.79 Å². The highest BCUT2D eigenvalue weighted by molar-refractivity contribution is 14.1. The van der Waals surface area contributed by atoms with E-state index in [0.29, 0.717) is 37.7 Å². The van der Waals surface area contributed by atoms with E-state index in [1.165, 1.54) is 14.2 Å². The van der Waals surface area contributed by atoms with Crippen molar-refractivity contribution in [1.82, 2.24) is 4.90 Å². The summed E-state index contributed by atoms with van der Waals surface area (Å²) >= 11 is 2.87. The van der Waals surface area contributed by atoms with Crippen LogP contribution in [0.2, 0.25) is 0 Å². The summed E-state index contributed by atoms with van der Waals surface area (Å²) in [5.41, 5.74) is 0.956. The molecule has 0 spiro atoms. The molecule has 11 heteroatoms. The average molecular weight is 661 g/mol. The van der Waals surface area contributed by atoms with E-state index in [-0.39, 0.29) is 29.0 Å². The van der Waals surface area contributed by atoms with Gasteiger partial charge in [-0.3, -0.25) is 14.5 Å². The van der Waals surface area contributed by atoms with Crippen LogP contribution >= 0.6 is 34.4 Å². The van der Waals surface area contributed by atoms with Gasteiger partial charge in [0.2, 0.25) is 0 Å². The van der Waals surface area contributed by atoms with Gasteiger partial charge in [-0.2, -0.15) is 0 Å². The molecule has 1 aliphatic heterocycles. The number of para-hydroxylation sites is 2. The summed E-state index contributed by atoms with van der Waals surface area (Å²) in [6.07, 6.45) is 1.60. The molecule has 2 amide bonds. The van der Waals surface area contributed by atoms with Crippen LogP contribution in [0.5, 0.6) is 28.7 Å². The Labute approximate surface area is 243 Å². The summed E-state index contributed by atoms with van der Waals surface area (Å²) in [5.74, 6) is 1.29. The Morgan fingerprint density at radius 2 is 1.62 bits per heavy atom. The number of rotatable bonds is 10. The Balaban J connectivity index is 1.46. The number of amides is 2. The molecule has 202 valence electrons. The third-order valence-corrected chi connectivity index (χ3v) is 7.29. The van der Waals surface area contributed by atoms with Crippen LogP contribution < -0.4 is 23.7 Å². The molecule has 0 atom stereocenters. The number of ether oxygens (including phenoxy) is 5. The largest absolute Gasteiger partial charge is 0.497 e. The quantitative estimate of drug-likeness (QED) is 0.118. The van der Waals surface area contributed by atoms with Crippen LogP contribution in [0.1, 0.15) is 15.9 Å². The lowest BCUT2D eigenvalue weighted by Gasteiger charge is -2.14. The zero-order valence-electron chi connectivity index (χ0n) is 21.3. The normalized spacial score (nSPS) is 13.9. The van der Waals surface area contributed by atoms with E-state index in [1.807, 2.05) is 34.7 Å². The number of halogens is 1. The molecular formula is C28H24INO8S. The van der Waals surface area contributed by atoms with E-state index in [2.05, 4.69) is 0 Å². The summed E-state index contributed by atoms with van der Waals surface area (Å²) in [6.45, 7) is 0.201. The minimum Gasteiger partial charge on any atom is -0.497 e. The topological polar surface area (TPSA) is 101 Å². The highest BCUT2D eigenvalue weighted by atomic mass is 127. The summed E-state index contributed by atoms with van der Waals surface area (Å²) in [6, 6.07) is 17.1. The van der Waals surface area contributed by atoms with E-state index < -0.39 is 11.9 Å². The maximum atomic E-state index is 13.0. The first-order valence-corrected chi connectivity index (χ1v) is 13.5. The second-order valence-electron chi connectivity index (χ2n) is 7.98. The molecule has 39 heavy (non-hydrogen) atoms. The minimum atomic E-state index is -0.557. The van der Waals surface area contributed by atoms with Gasteiger partial charge in [-0.15, -0.1) is 0 Å². The predicted octanol–water partition coefficient (Wildman–Crippen LogP) is 5.65. The van der Waals surface area contributed by atoms with Crippen molar-refractivity contribution in [2.45, 2.75) is 0 Å².